The van der Waals surface area contributed by atoms with Gasteiger partial charge in [-0.1, -0.05) is 24.0 Å². The minimum absolute atomic E-state index is 0.157. The van der Waals surface area contributed by atoms with Gasteiger partial charge < -0.3 is 9.64 Å². The van der Waals surface area contributed by atoms with Gasteiger partial charge in [-0.15, -0.1) is 0 Å². The first-order valence-corrected chi connectivity index (χ1v) is 8.19. The molecule has 0 saturated carbocycles. The van der Waals surface area contributed by atoms with Crippen molar-refractivity contribution >= 4 is 34.1 Å². The Kier molecular flexibility index (Phi) is 5.86. The van der Waals surface area contributed by atoms with E-state index in [9.17, 15) is 4.79 Å². The zero-order chi connectivity index (χ0) is 14.4. The van der Waals surface area contributed by atoms with Crippen molar-refractivity contribution in [3.8, 4) is 5.75 Å². The summed E-state index contributed by atoms with van der Waals surface area (Å²) in [6.07, 6.45) is 2.97. The molecule has 0 N–H and O–H groups in total. The second-order valence-corrected chi connectivity index (χ2v) is 6.44. The molecule has 20 heavy (non-hydrogen) atoms. The quantitative estimate of drug-likeness (QED) is 0.614. The predicted molar refractivity (Wildman–Crippen MR) is 87.8 cm³/mol. The van der Waals surface area contributed by atoms with Gasteiger partial charge in [-0.05, 0) is 37.1 Å². The molecule has 0 amide bonds. The molecule has 1 aliphatic heterocycles. The molecule has 1 heterocycles. The molecule has 5 heteroatoms. The minimum Gasteiger partial charge on any atom is -0.497 e. The van der Waals surface area contributed by atoms with Crippen LogP contribution in [0.1, 0.15) is 29.6 Å². The maximum absolute atomic E-state index is 12.0. The number of benzene rings is 1. The molecule has 108 valence electrons. The number of hydrogen-bond donors (Lipinski definition) is 0. The molecule has 0 spiro atoms. The monoisotopic (exact) mass is 309 g/mol. The molecule has 1 saturated heterocycles. The average Bonchev–Trinajstić information content (AvgIpc) is 3.01. The Morgan fingerprint density at radius 1 is 1.30 bits per heavy atom. The molecule has 1 aromatic rings. The fourth-order valence-corrected chi connectivity index (χ4v) is 3.40. The highest BCUT2D eigenvalue weighted by Crippen LogP contribution is 2.18. The third kappa shape index (κ3) is 4.21. The number of Topliss-reactive ketones (excluding diaryl/α,β-unsaturated/α-hetero) is 1. The molecule has 0 unspecified atom stereocenters. The number of rotatable bonds is 5. The van der Waals surface area contributed by atoms with Crippen LogP contribution >= 0.6 is 24.0 Å². The van der Waals surface area contributed by atoms with Crippen molar-refractivity contribution in [1.82, 2.24) is 4.90 Å². The first-order chi connectivity index (χ1) is 9.70. The highest BCUT2D eigenvalue weighted by atomic mass is 32.2. The summed E-state index contributed by atoms with van der Waals surface area (Å²) in [5, 5.41) is 0. The molecule has 0 atom stereocenters. The first-order valence-electron chi connectivity index (χ1n) is 6.79. The number of carbonyl (C=O) groups is 1. The number of ether oxygens (including phenoxy) is 1. The van der Waals surface area contributed by atoms with Crippen LogP contribution in [-0.4, -0.2) is 41.0 Å². The number of methoxy groups -OCH3 is 1. The molecular formula is C15H19NO2S2. The van der Waals surface area contributed by atoms with Crippen LogP contribution in [0.5, 0.6) is 5.75 Å². The molecule has 3 nitrogen and oxygen atoms in total. The van der Waals surface area contributed by atoms with Crippen LogP contribution < -0.4 is 4.74 Å². The van der Waals surface area contributed by atoms with Crippen LogP contribution in [0, 0.1) is 0 Å². The number of hydrogen-bond acceptors (Lipinski definition) is 4. The van der Waals surface area contributed by atoms with Crippen molar-refractivity contribution in [3.05, 3.63) is 29.8 Å². The molecule has 1 aromatic carbocycles. The maximum atomic E-state index is 12.0. The van der Waals surface area contributed by atoms with Crippen molar-refractivity contribution in [1.29, 1.82) is 0 Å². The standard InChI is InChI=1S/C15H19NO2S2/c1-18-13-6-4-12(5-7-13)14(17)8-11-20-15(19)16-9-2-3-10-16/h4-7H,2-3,8-11H2,1H3. The van der Waals surface area contributed by atoms with Gasteiger partial charge >= 0.3 is 0 Å². The van der Waals surface area contributed by atoms with Gasteiger partial charge in [0.15, 0.2) is 5.78 Å². The number of thiocarbonyl (C=S) groups is 1. The van der Waals surface area contributed by atoms with Crippen LogP contribution in [0.2, 0.25) is 0 Å². The Labute approximate surface area is 129 Å². The lowest BCUT2D eigenvalue weighted by Gasteiger charge is -2.17. The van der Waals surface area contributed by atoms with Crippen molar-refractivity contribution < 1.29 is 9.53 Å². The number of thioether (sulfide) groups is 1. The summed E-state index contributed by atoms with van der Waals surface area (Å²) in [5.41, 5.74) is 0.735. The van der Waals surface area contributed by atoms with E-state index in [1.165, 1.54) is 12.8 Å². The van der Waals surface area contributed by atoms with Crippen molar-refractivity contribution in [2.75, 3.05) is 26.0 Å². The third-order valence-electron chi connectivity index (χ3n) is 3.33. The van der Waals surface area contributed by atoms with E-state index in [0.29, 0.717) is 6.42 Å². The maximum Gasteiger partial charge on any atom is 0.163 e. The summed E-state index contributed by atoms with van der Waals surface area (Å²) < 4.78 is 6.02. The fraction of sp³-hybridized carbons (Fsp3) is 0.467. The Morgan fingerprint density at radius 3 is 2.55 bits per heavy atom. The van der Waals surface area contributed by atoms with Crippen LogP contribution in [0.3, 0.4) is 0 Å². The van der Waals surface area contributed by atoms with Crippen LogP contribution in [0.4, 0.5) is 0 Å². The summed E-state index contributed by atoms with van der Waals surface area (Å²) >= 11 is 6.99. The summed E-state index contributed by atoms with van der Waals surface area (Å²) in [7, 11) is 1.62. The number of ketones is 1. The Hall–Kier alpha value is -1.07. The lowest BCUT2D eigenvalue weighted by atomic mass is 10.1. The highest BCUT2D eigenvalue weighted by molar-refractivity contribution is 8.22. The van der Waals surface area contributed by atoms with Gasteiger partial charge in [0, 0.05) is 30.8 Å². The van der Waals surface area contributed by atoms with Gasteiger partial charge in [0.2, 0.25) is 0 Å². The molecule has 0 bridgehead atoms. The Balaban J connectivity index is 1.75. The Bertz CT molecular complexity index is 467. The fourth-order valence-electron chi connectivity index (χ4n) is 2.14. The molecule has 1 aliphatic rings. The van der Waals surface area contributed by atoms with Gasteiger partial charge in [-0.3, -0.25) is 4.79 Å². The smallest absolute Gasteiger partial charge is 0.163 e. The molecule has 0 radical (unpaired) electrons. The van der Waals surface area contributed by atoms with Gasteiger partial charge in [0.1, 0.15) is 10.1 Å². The van der Waals surface area contributed by atoms with E-state index >= 15 is 0 Å². The second kappa shape index (κ2) is 7.64. The summed E-state index contributed by atoms with van der Waals surface area (Å²) in [6.45, 7) is 2.14. The van der Waals surface area contributed by atoms with E-state index in [4.69, 9.17) is 17.0 Å². The van der Waals surface area contributed by atoms with E-state index in [-0.39, 0.29) is 5.78 Å². The first kappa shape index (κ1) is 15.3. The van der Waals surface area contributed by atoms with Crippen LogP contribution in [0.15, 0.2) is 24.3 Å². The number of carbonyl (C=O) groups excluding carboxylic acids is 1. The minimum atomic E-state index is 0.157. The molecule has 2 rings (SSSR count). The predicted octanol–water partition coefficient (Wildman–Crippen LogP) is 3.38. The zero-order valence-corrected chi connectivity index (χ0v) is 13.3. The van der Waals surface area contributed by atoms with Crippen molar-refractivity contribution in [3.63, 3.8) is 0 Å². The Morgan fingerprint density at radius 2 is 1.95 bits per heavy atom. The van der Waals surface area contributed by atoms with Gasteiger partial charge in [0.05, 0.1) is 7.11 Å². The van der Waals surface area contributed by atoms with Crippen molar-refractivity contribution in [2.45, 2.75) is 19.3 Å². The van der Waals surface area contributed by atoms with E-state index in [2.05, 4.69) is 4.90 Å². The molecule has 0 aliphatic carbocycles. The largest absolute Gasteiger partial charge is 0.497 e. The summed E-state index contributed by atoms with van der Waals surface area (Å²) in [5.74, 6) is 1.68. The lowest BCUT2D eigenvalue weighted by molar-refractivity contribution is 0.0989. The van der Waals surface area contributed by atoms with E-state index in [1.54, 1.807) is 18.9 Å². The average molecular weight is 309 g/mol. The third-order valence-corrected chi connectivity index (χ3v) is 4.86. The number of nitrogens with zero attached hydrogens (tertiary/aromatic N) is 1. The summed E-state index contributed by atoms with van der Waals surface area (Å²) in [6, 6.07) is 7.25. The second-order valence-electron chi connectivity index (χ2n) is 4.71. The molecular weight excluding hydrogens is 290 g/mol. The molecule has 0 aromatic heterocycles. The van der Waals surface area contributed by atoms with E-state index in [1.807, 2.05) is 24.3 Å². The van der Waals surface area contributed by atoms with Gasteiger partial charge in [-0.2, -0.15) is 0 Å². The topological polar surface area (TPSA) is 29.5 Å². The van der Waals surface area contributed by atoms with Crippen LogP contribution in [0.25, 0.3) is 0 Å². The SMILES string of the molecule is COc1ccc(C(=O)CCSC(=S)N2CCCC2)cc1. The lowest BCUT2D eigenvalue weighted by Crippen LogP contribution is -2.23. The van der Waals surface area contributed by atoms with Gasteiger partial charge in [0.25, 0.3) is 0 Å². The van der Waals surface area contributed by atoms with Gasteiger partial charge in [-0.25, -0.2) is 0 Å². The van der Waals surface area contributed by atoms with Crippen molar-refractivity contribution in [2.24, 2.45) is 0 Å². The zero-order valence-electron chi connectivity index (χ0n) is 11.6. The molecule has 1 fully saturated rings. The highest BCUT2D eigenvalue weighted by Gasteiger charge is 2.15. The summed E-state index contributed by atoms with van der Waals surface area (Å²) in [4.78, 5) is 14.3. The normalized spacial score (nSPS) is 14.3. The number of likely N-dealkylation sites (tertiary alicyclic amines) is 1. The van der Waals surface area contributed by atoms with Crippen LogP contribution in [-0.2, 0) is 0 Å². The van der Waals surface area contributed by atoms with E-state index in [0.717, 1.165) is 34.5 Å². The van der Waals surface area contributed by atoms with E-state index < -0.39 is 0 Å².